The van der Waals surface area contributed by atoms with Crippen LogP contribution in [0.1, 0.15) is 21.5 Å². The van der Waals surface area contributed by atoms with Crippen LogP contribution in [-0.4, -0.2) is 21.5 Å². The van der Waals surface area contributed by atoms with Gasteiger partial charge >= 0.3 is 0 Å². The molecule has 0 bridgehead atoms. The number of hydrogen-bond acceptors (Lipinski definition) is 7. The van der Waals surface area contributed by atoms with E-state index in [4.69, 9.17) is 15.2 Å². The summed E-state index contributed by atoms with van der Waals surface area (Å²) in [6, 6.07) is 1.39. The molecular weight excluding hydrogens is 298 g/mol. The van der Waals surface area contributed by atoms with Gasteiger partial charge in [0.05, 0.1) is 16.8 Å². The summed E-state index contributed by atoms with van der Waals surface area (Å²) < 4.78 is 5.79. The second-order valence-electron chi connectivity index (χ2n) is 5.22. The molecule has 23 heavy (non-hydrogen) atoms. The normalized spacial score (nSPS) is 12.2. The number of aromatic hydroxyl groups is 1. The smallest absolute Gasteiger partial charge is 0.160 e. The van der Waals surface area contributed by atoms with Gasteiger partial charge in [-0.15, -0.1) is 0 Å². The van der Waals surface area contributed by atoms with E-state index in [2.05, 4.69) is 4.98 Å². The summed E-state index contributed by atoms with van der Waals surface area (Å²) in [6.45, 7) is 3.23. The Bertz CT molecular complexity index is 1160. The van der Waals surface area contributed by atoms with Crippen molar-refractivity contribution in [3.8, 4) is 5.75 Å². The van der Waals surface area contributed by atoms with Gasteiger partial charge in [-0.25, -0.2) is 4.98 Å². The molecule has 0 saturated heterocycles. The van der Waals surface area contributed by atoms with E-state index in [1.54, 1.807) is 13.8 Å². The summed E-state index contributed by atoms with van der Waals surface area (Å²) in [4.78, 5) is 15.6. The fraction of sp³-hybridized carbons (Fsp3) is 0.125. The maximum Gasteiger partial charge on any atom is 0.160 e. The molecule has 4 N–H and O–H groups in total. The second-order valence-corrected chi connectivity index (χ2v) is 5.22. The van der Waals surface area contributed by atoms with Crippen LogP contribution in [0, 0.1) is 24.7 Å². The number of rotatable bonds is 1. The molecule has 0 atom stereocenters. The lowest BCUT2D eigenvalue weighted by Crippen LogP contribution is -2.26. The highest BCUT2D eigenvalue weighted by Gasteiger charge is 2.16. The number of nitrogens with one attached hydrogen (secondary N) is 2. The van der Waals surface area contributed by atoms with Crippen molar-refractivity contribution >= 4 is 34.7 Å². The van der Waals surface area contributed by atoms with Crippen LogP contribution in [0.4, 0.5) is 0 Å². The zero-order chi connectivity index (χ0) is 16.9. The van der Waals surface area contributed by atoms with E-state index in [1.807, 2.05) is 0 Å². The van der Waals surface area contributed by atoms with Crippen LogP contribution in [0.15, 0.2) is 10.5 Å². The molecule has 0 unspecified atom stereocenters. The lowest BCUT2D eigenvalue weighted by molar-refractivity contribution is 0.112. The monoisotopic (exact) mass is 311 g/mol. The number of carbonyl (C=O) groups excluding carboxylic acids is 1. The number of nitrogens with zero attached hydrogens (tertiary/aromatic N) is 1. The van der Waals surface area contributed by atoms with E-state index in [0.29, 0.717) is 23.7 Å². The molecular formula is C16H13N3O4. The number of aryl methyl sites for hydroxylation is 2. The summed E-state index contributed by atoms with van der Waals surface area (Å²) >= 11 is 0. The first-order chi connectivity index (χ1) is 10.9. The number of aliphatic hydroxyl groups excluding tert-OH is 1. The fourth-order valence-electron chi connectivity index (χ4n) is 2.51. The van der Waals surface area contributed by atoms with Crippen molar-refractivity contribution in [2.24, 2.45) is 0 Å². The topological polar surface area (TPSA) is 131 Å². The van der Waals surface area contributed by atoms with Gasteiger partial charge in [-0.1, -0.05) is 0 Å². The van der Waals surface area contributed by atoms with Crippen molar-refractivity contribution in [1.29, 1.82) is 10.8 Å². The minimum atomic E-state index is -0.321. The van der Waals surface area contributed by atoms with Crippen LogP contribution in [0.25, 0.3) is 28.5 Å². The largest absolute Gasteiger partial charge is 0.515 e. The third-order valence-corrected chi connectivity index (χ3v) is 3.89. The summed E-state index contributed by atoms with van der Waals surface area (Å²) in [5, 5.41) is 35.0. The molecule has 0 radical (unpaired) electrons. The van der Waals surface area contributed by atoms with Gasteiger partial charge in [0.15, 0.2) is 17.5 Å². The van der Waals surface area contributed by atoms with Crippen LogP contribution < -0.4 is 15.9 Å². The fourth-order valence-corrected chi connectivity index (χ4v) is 2.51. The highest BCUT2D eigenvalue weighted by atomic mass is 16.3. The van der Waals surface area contributed by atoms with Crippen LogP contribution in [0.3, 0.4) is 0 Å². The summed E-state index contributed by atoms with van der Waals surface area (Å²) in [6.07, 6.45) is 1.25. The van der Waals surface area contributed by atoms with Crippen molar-refractivity contribution in [1.82, 2.24) is 4.98 Å². The molecule has 3 aromatic rings. The number of phenolic OH excluding ortho intramolecular Hbond substituents is 1. The van der Waals surface area contributed by atoms with Gasteiger partial charge in [-0.3, -0.25) is 10.2 Å². The Labute approximate surface area is 129 Å². The van der Waals surface area contributed by atoms with Crippen molar-refractivity contribution < 1.29 is 19.4 Å². The molecule has 116 valence electrons. The van der Waals surface area contributed by atoms with E-state index < -0.39 is 0 Å². The first-order valence-corrected chi connectivity index (χ1v) is 6.73. The molecule has 2 aromatic carbocycles. The third kappa shape index (κ3) is 1.90. The van der Waals surface area contributed by atoms with Crippen molar-refractivity contribution in [2.75, 3.05) is 0 Å². The number of aliphatic hydroxyl groups is 1. The number of benzene rings is 2. The Morgan fingerprint density at radius 2 is 1.83 bits per heavy atom. The molecule has 0 amide bonds. The van der Waals surface area contributed by atoms with Gasteiger partial charge in [0.2, 0.25) is 0 Å². The SMILES string of the molecule is Cc1c(=N)cc(C=O)c2nc3/c(=C/O)c(=N)c(O)c(C)c3oc12. The first kappa shape index (κ1) is 14.7. The van der Waals surface area contributed by atoms with Crippen molar-refractivity contribution in [3.05, 3.63) is 38.7 Å². The number of carbonyl (C=O) groups is 1. The van der Waals surface area contributed by atoms with Crippen LogP contribution in [0.2, 0.25) is 0 Å². The van der Waals surface area contributed by atoms with Gasteiger partial charge in [-0.2, -0.15) is 0 Å². The Balaban J connectivity index is 2.75. The Morgan fingerprint density at radius 3 is 2.43 bits per heavy atom. The molecule has 1 heterocycles. The molecule has 7 nitrogen and oxygen atoms in total. The average Bonchev–Trinajstić information content (AvgIpc) is 2.55. The Morgan fingerprint density at radius 1 is 1.17 bits per heavy atom. The highest BCUT2D eigenvalue weighted by Crippen LogP contribution is 2.25. The summed E-state index contributed by atoms with van der Waals surface area (Å²) in [5.41, 5.74) is 1.85. The molecule has 0 aliphatic carbocycles. The van der Waals surface area contributed by atoms with E-state index in [-0.39, 0.29) is 49.4 Å². The van der Waals surface area contributed by atoms with Gasteiger partial charge in [0, 0.05) is 16.7 Å². The van der Waals surface area contributed by atoms with Crippen LogP contribution in [0.5, 0.6) is 5.75 Å². The van der Waals surface area contributed by atoms with E-state index >= 15 is 0 Å². The molecule has 0 aliphatic heterocycles. The third-order valence-electron chi connectivity index (χ3n) is 3.89. The van der Waals surface area contributed by atoms with Gasteiger partial charge in [0.1, 0.15) is 22.1 Å². The van der Waals surface area contributed by atoms with E-state index in [9.17, 15) is 15.0 Å². The van der Waals surface area contributed by atoms with Crippen molar-refractivity contribution in [3.63, 3.8) is 0 Å². The minimum absolute atomic E-state index is 0.00166. The molecule has 1 aromatic heterocycles. The Kier molecular flexibility index (Phi) is 3.14. The maximum atomic E-state index is 11.3. The van der Waals surface area contributed by atoms with Gasteiger partial charge < -0.3 is 20.0 Å². The van der Waals surface area contributed by atoms with Crippen molar-refractivity contribution in [2.45, 2.75) is 13.8 Å². The molecule has 0 aliphatic rings. The molecule has 7 heteroatoms. The van der Waals surface area contributed by atoms with E-state index in [0.717, 1.165) is 0 Å². The molecule has 3 rings (SSSR count). The average molecular weight is 311 g/mol. The summed E-state index contributed by atoms with van der Waals surface area (Å²) in [7, 11) is 0. The first-order valence-electron chi connectivity index (χ1n) is 6.73. The van der Waals surface area contributed by atoms with Gasteiger partial charge in [0.25, 0.3) is 0 Å². The number of phenols is 1. The molecule has 0 fully saturated rings. The molecule has 0 saturated carbocycles. The number of aldehydes is 1. The number of hydrogen-bond donors (Lipinski definition) is 4. The highest BCUT2D eigenvalue weighted by molar-refractivity contribution is 5.97. The predicted molar refractivity (Wildman–Crippen MR) is 82.1 cm³/mol. The van der Waals surface area contributed by atoms with Gasteiger partial charge in [-0.05, 0) is 19.9 Å². The zero-order valence-corrected chi connectivity index (χ0v) is 12.4. The number of aromatic nitrogens is 1. The maximum absolute atomic E-state index is 11.3. The van der Waals surface area contributed by atoms with E-state index in [1.165, 1.54) is 6.07 Å². The predicted octanol–water partition coefficient (Wildman–Crippen LogP) is 1.09. The Hall–Kier alpha value is -3.22. The number of fused-ring (bicyclic) bond motifs is 2. The minimum Gasteiger partial charge on any atom is -0.515 e. The zero-order valence-electron chi connectivity index (χ0n) is 12.4. The lowest BCUT2D eigenvalue weighted by atomic mass is 10.1. The molecule has 0 spiro atoms. The quantitative estimate of drug-likeness (QED) is 0.394. The second kappa shape index (κ2) is 4.91. The lowest BCUT2D eigenvalue weighted by Gasteiger charge is -2.09. The standard InChI is InChI=1S/C16H13N3O4/c1-6-10(17)3-8(4-20)12-15(6)23-16-7(2)14(22)11(18)9(5-21)13(16)19-12/h3-5,17-18,21-22H,1-2H3/b9-5+,17-10?,18-11?. The van der Waals surface area contributed by atoms with Crippen LogP contribution >= 0.6 is 0 Å². The van der Waals surface area contributed by atoms with Crippen LogP contribution in [-0.2, 0) is 0 Å². The summed E-state index contributed by atoms with van der Waals surface area (Å²) in [5.74, 6) is -0.321.